The number of thioether (sulfide) groups is 1. The van der Waals surface area contributed by atoms with E-state index in [-0.39, 0.29) is 5.91 Å². The number of carbonyl (C=O) groups excluding carboxylic acids is 1. The smallest absolute Gasteiger partial charge is 0.234 e. The van der Waals surface area contributed by atoms with Crippen LogP contribution in [0, 0.1) is 0 Å². The van der Waals surface area contributed by atoms with Gasteiger partial charge in [-0.3, -0.25) is 4.79 Å². The zero-order valence-electron chi connectivity index (χ0n) is 14.0. The van der Waals surface area contributed by atoms with Gasteiger partial charge in [-0.25, -0.2) is 0 Å². The number of rotatable bonds is 8. The van der Waals surface area contributed by atoms with E-state index in [1.807, 2.05) is 24.3 Å². The molecule has 0 aliphatic heterocycles. The van der Waals surface area contributed by atoms with Crippen LogP contribution < -0.4 is 19.5 Å². The number of hydrogen-bond acceptors (Lipinski definition) is 5. The molecular weight excluding hydrogens is 326 g/mol. The fraction of sp³-hybridized carbons (Fsp3) is 0.278. The van der Waals surface area contributed by atoms with Gasteiger partial charge in [-0.05, 0) is 29.8 Å². The van der Waals surface area contributed by atoms with Gasteiger partial charge in [0, 0.05) is 11.8 Å². The van der Waals surface area contributed by atoms with E-state index in [0.29, 0.717) is 22.9 Å². The van der Waals surface area contributed by atoms with E-state index in [4.69, 9.17) is 14.2 Å². The Hall–Kier alpha value is -2.34. The molecule has 0 saturated carbocycles. The van der Waals surface area contributed by atoms with Crippen LogP contribution in [0.5, 0.6) is 17.2 Å². The summed E-state index contributed by atoms with van der Waals surface area (Å²) in [6.07, 6.45) is 0. The number of benzene rings is 2. The maximum atomic E-state index is 12.1. The van der Waals surface area contributed by atoms with Gasteiger partial charge in [-0.15, -0.1) is 11.8 Å². The Labute approximate surface area is 146 Å². The minimum absolute atomic E-state index is 0.0833. The molecule has 0 unspecified atom stereocenters. The van der Waals surface area contributed by atoms with Crippen LogP contribution in [0.4, 0.5) is 5.69 Å². The third kappa shape index (κ3) is 5.09. The van der Waals surface area contributed by atoms with Crippen molar-refractivity contribution in [1.82, 2.24) is 0 Å². The number of amides is 1. The zero-order chi connectivity index (χ0) is 17.4. The molecular formula is C18H21NO4S. The minimum Gasteiger partial charge on any atom is -0.497 e. The molecule has 0 atom stereocenters. The standard InChI is InChI=1S/C18H21NO4S/c1-21-14-6-4-13(5-7-14)11-24-12-18(20)19-16-10-15(22-2)8-9-17(16)23-3/h4-10H,11-12H2,1-3H3,(H,19,20). The molecule has 128 valence electrons. The van der Waals surface area contributed by atoms with Gasteiger partial charge in [0.2, 0.25) is 5.91 Å². The Bertz CT molecular complexity index is 673. The number of methoxy groups -OCH3 is 3. The molecule has 2 aromatic carbocycles. The number of anilines is 1. The van der Waals surface area contributed by atoms with Crippen LogP contribution in [-0.2, 0) is 10.5 Å². The van der Waals surface area contributed by atoms with E-state index in [0.717, 1.165) is 17.1 Å². The Kier molecular flexibility index (Phi) is 6.81. The molecule has 1 N–H and O–H groups in total. The Balaban J connectivity index is 1.86. The molecule has 0 heterocycles. The van der Waals surface area contributed by atoms with Crippen LogP contribution in [0.25, 0.3) is 0 Å². The van der Waals surface area contributed by atoms with Gasteiger partial charge in [0.05, 0.1) is 32.8 Å². The van der Waals surface area contributed by atoms with Gasteiger partial charge >= 0.3 is 0 Å². The highest BCUT2D eigenvalue weighted by Gasteiger charge is 2.09. The van der Waals surface area contributed by atoms with Crippen LogP contribution in [0.1, 0.15) is 5.56 Å². The van der Waals surface area contributed by atoms with E-state index in [1.54, 1.807) is 51.3 Å². The monoisotopic (exact) mass is 347 g/mol. The van der Waals surface area contributed by atoms with Crippen molar-refractivity contribution in [2.75, 3.05) is 32.4 Å². The molecule has 0 spiro atoms. The van der Waals surface area contributed by atoms with E-state index in [9.17, 15) is 4.79 Å². The van der Waals surface area contributed by atoms with Gasteiger partial charge in [-0.1, -0.05) is 12.1 Å². The Morgan fingerprint density at radius 1 is 0.958 bits per heavy atom. The van der Waals surface area contributed by atoms with Crippen molar-refractivity contribution >= 4 is 23.4 Å². The van der Waals surface area contributed by atoms with Crippen LogP contribution >= 0.6 is 11.8 Å². The second kappa shape index (κ2) is 9.08. The highest BCUT2D eigenvalue weighted by molar-refractivity contribution is 7.99. The molecule has 1 amide bonds. The predicted molar refractivity (Wildman–Crippen MR) is 97.3 cm³/mol. The SMILES string of the molecule is COc1ccc(CSCC(=O)Nc2cc(OC)ccc2OC)cc1. The zero-order valence-corrected chi connectivity index (χ0v) is 14.8. The molecule has 0 aromatic heterocycles. The average Bonchev–Trinajstić information content (AvgIpc) is 2.62. The summed E-state index contributed by atoms with van der Waals surface area (Å²) >= 11 is 1.55. The van der Waals surface area contributed by atoms with Crippen molar-refractivity contribution < 1.29 is 19.0 Å². The molecule has 2 aromatic rings. The molecule has 0 radical (unpaired) electrons. The lowest BCUT2D eigenvalue weighted by molar-refractivity contribution is -0.113. The van der Waals surface area contributed by atoms with Crippen molar-refractivity contribution in [1.29, 1.82) is 0 Å². The molecule has 0 fully saturated rings. The van der Waals surface area contributed by atoms with Crippen LogP contribution in [0.3, 0.4) is 0 Å². The Morgan fingerprint density at radius 3 is 2.25 bits per heavy atom. The first kappa shape index (κ1) is 18.0. The van der Waals surface area contributed by atoms with Crippen molar-refractivity contribution in [2.45, 2.75) is 5.75 Å². The summed E-state index contributed by atoms with van der Waals surface area (Å²) in [6.45, 7) is 0. The maximum Gasteiger partial charge on any atom is 0.234 e. The summed E-state index contributed by atoms with van der Waals surface area (Å²) in [6, 6.07) is 13.1. The van der Waals surface area contributed by atoms with Gasteiger partial charge in [0.15, 0.2) is 0 Å². The van der Waals surface area contributed by atoms with Crippen molar-refractivity contribution in [3.8, 4) is 17.2 Å². The first-order valence-corrected chi connectivity index (χ1v) is 8.54. The summed E-state index contributed by atoms with van der Waals surface area (Å²) in [4.78, 5) is 12.1. The number of carbonyl (C=O) groups is 1. The molecule has 0 aliphatic carbocycles. The number of ether oxygens (including phenoxy) is 3. The lowest BCUT2D eigenvalue weighted by atomic mass is 10.2. The van der Waals surface area contributed by atoms with E-state index in [1.165, 1.54) is 0 Å². The number of hydrogen-bond donors (Lipinski definition) is 1. The van der Waals surface area contributed by atoms with Crippen molar-refractivity contribution in [3.63, 3.8) is 0 Å². The van der Waals surface area contributed by atoms with E-state index in [2.05, 4.69) is 5.32 Å². The van der Waals surface area contributed by atoms with E-state index < -0.39 is 0 Å². The highest BCUT2D eigenvalue weighted by Crippen LogP contribution is 2.29. The predicted octanol–water partition coefficient (Wildman–Crippen LogP) is 3.58. The van der Waals surface area contributed by atoms with Crippen molar-refractivity contribution in [2.24, 2.45) is 0 Å². The molecule has 0 saturated heterocycles. The molecule has 2 rings (SSSR count). The summed E-state index contributed by atoms with van der Waals surface area (Å²) in [5, 5.41) is 2.86. The van der Waals surface area contributed by atoms with E-state index >= 15 is 0 Å². The summed E-state index contributed by atoms with van der Waals surface area (Å²) in [7, 11) is 4.79. The van der Waals surface area contributed by atoms with Crippen LogP contribution in [0.15, 0.2) is 42.5 Å². The van der Waals surface area contributed by atoms with Crippen LogP contribution in [0.2, 0.25) is 0 Å². The van der Waals surface area contributed by atoms with Gasteiger partial charge in [0.25, 0.3) is 0 Å². The average molecular weight is 347 g/mol. The van der Waals surface area contributed by atoms with Gasteiger partial charge in [-0.2, -0.15) is 0 Å². The summed E-state index contributed by atoms with van der Waals surface area (Å²) in [5.41, 5.74) is 1.75. The van der Waals surface area contributed by atoms with Gasteiger partial charge in [0.1, 0.15) is 17.2 Å². The molecule has 5 nitrogen and oxygen atoms in total. The minimum atomic E-state index is -0.0833. The van der Waals surface area contributed by atoms with Crippen LogP contribution in [-0.4, -0.2) is 33.0 Å². The third-order valence-electron chi connectivity index (χ3n) is 3.34. The second-order valence-corrected chi connectivity index (χ2v) is 5.94. The summed E-state index contributed by atoms with van der Waals surface area (Å²) < 4.78 is 15.5. The quantitative estimate of drug-likeness (QED) is 0.791. The first-order valence-electron chi connectivity index (χ1n) is 7.39. The largest absolute Gasteiger partial charge is 0.497 e. The topological polar surface area (TPSA) is 56.8 Å². The summed E-state index contributed by atoms with van der Waals surface area (Å²) in [5.74, 6) is 3.12. The lowest BCUT2D eigenvalue weighted by Gasteiger charge is -2.11. The van der Waals surface area contributed by atoms with Crippen molar-refractivity contribution in [3.05, 3.63) is 48.0 Å². The van der Waals surface area contributed by atoms with Gasteiger partial charge < -0.3 is 19.5 Å². The third-order valence-corrected chi connectivity index (χ3v) is 4.35. The molecule has 6 heteroatoms. The fourth-order valence-electron chi connectivity index (χ4n) is 2.08. The second-order valence-electron chi connectivity index (χ2n) is 4.96. The first-order chi connectivity index (χ1) is 11.7. The molecule has 0 bridgehead atoms. The molecule has 0 aliphatic rings. The normalized spacial score (nSPS) is 10.1. The Morgan fingerprint density at radius 2 is 1.62 bits per heavy atom. The lowest BCUT2D eigenvalue weighted by Crippen LogP contribution is -2.15. The number of nitrogens with one attached hydrogen (secondary N) is 1. The maximum absolute atomic E-state index is 12.1. The molecule has 24 heavy (non-hydrogen) atoms. The fourth-order valence-corrected chi connectivity index (χ4v) is 2.87. The highest BCUT2D eigenvalue weighted by atomic mass is 32.2.